The zero-order valence-corrected chi connectivity index (χ0v) is 11.2. The number of hydrogen-bond acceptors (Lipinski definition) is 7. The highest BCUT2D eigenvalue weighted by Gasteiger charge is 2.18. The van der Waals surface area contributed by atoms with Gasteiger partial charge >= 0.3 is 6.01 Å². The highest BCUT2D eigenvalue weighted by atomic mass is 16.5. The molecule has 0 amide bonds. The summed E-state index contributed by atoms with van der Waals surface area (Å²) in [6, 6.07) is 0.638. The van der Waals surface area contributed by atoms with Crippen LogP contribution in [0.25, 0.3) is 0 Å². The summed E-state index contributed by atoms with van der Waals surface area (Å²) >= 11 is 0. The van der Waals surface area contributed by atoms with Gasteiger partial charge in [0, 0.05) is 52.2 Å². The van der Waals surface area contributed by atoms with Crippen LogP contribution in [-0.4, -0.2) is 74.1 Å². The number of nitrogens with one attached hydrogen (secondary N) is 1. The third kappa shape index (κ3) is 3.43. The Kier molecular flexibility index (Phi) is 4.27. The van der Waals surface area contributed by atoms with Crippen molar-refractivity contribution in [1.82, 2.24) is 20.4 Å². The van der Waals surface area contributed by atoms with Gasteiger partial charge in [0.25, 0.3) is 0 Å². The van der Waals surface area contributed by atoms with E-state index in [2.05, 4.69) is 25.3 Å². The minimum Gasteiger partial charge on any atom is -0.408 e. The molecule has 0 aliphatic carbocycles. The summed E-state index contributed by atoms with van der Waals surface area (Å²) in [4.78, 5) is 4.51. The van der Waals surface area contributed by atoms with Crippen LogP contribution in [0.4, 0.5) is 6.01 Å². The molecule has 0 bridgehead atoms. The van der Waals surface area contributed by atoms with E-state index in [1.807, 2.05) is 0 Å². The number of hydrogen-bond donors (Lipinski definition) is 1. The van der Waals surface area contributed by atoms with Crippen LogP contribution in [0.3, 0.4) is 0 Å². The van der Waals surface area contributed by atoms with Crippen LogP contribution in [-0.2, 0) is 11.2 Å². The monoisotopic (exact) mass is 267 g/mol. The van der Waals surface area contributed by atoms with E-state index in [-0.39, 0.29) is 0 Å². The Morgan fingerprint density at radius 3 is 2.63 bits per heavy atom. The standard InChI is InChI=1S/C12H21N5O2/c1(4-16-5-2-13-3-6-16)11-14-15-12(19-11)17-7-9-18-10-8-17/h13H,1-10H2. The third-order valence-corrected chi connectivity index (χ3v) is 3.59. The van der Waals surface area contributed by atoms with Crippen molar-refractivity contribution in [3.8, 4) is 0 Å². The van der Waals surface area contributed by atoms with Crippen molar-refractivity contribution >= 4 is 6.01 Å². The van der Waals surface area contributed by atoms with Crippen LogP contribution in [0.5, 0.6) is 0 Å². The molecule has 2 fully saturated rings. The molecule has 2 aliphatic heterocycles. The molecule has 3 heterocycles. The van der Waals surface area contributed by atoms with Gasteiger partial charge in [-0.1, -0.05) is 5.10 Å². The van der Waals surface area contributed by atoms with E-state index in [1.54, 1.807) is 0 Å². The van der Waals surface area contributed by atoms with Gasteiger partial charge < -0.3 is 24.3 Å². The molecule has 0 spiro atoms. The molecule has 2 saturated heterocycles. The Bertz CT molecular complexity index is 385. The maximum Gasteiger partial charge on any atom is 0.318 e. The molecule has 0 atom stereocenters. The zero-order chi connectivity index (χ0) is 12.9. The minimum absolute atomic E-state index is 0.638. The van der Waals surface area contributed by atoms with Gasteiger partial charge in [-0.3, -0.25) is 0 Å². The highest BCUT2D eigenvalue weighted by Crippen LogP contribution is 2.14. The Balaban J connectivity index is 1.49. The van der Waals surface area contributed by atoms with Crippen molar-refractivity contribution < 1.29 is 9.15 Å². The average Bonchev–Trinajstić information content (AvgIpc) is 2.96. The highest BCUT2D eigenvalue weighted by molar-refractivity contribution is 5.24. The van der Waals surface area contributed by atoms with E-state index in [0.717, 1.165) is 71.3 Å². The lowest BCUT2D eigenvalue weighted by molar-refractivity contribution is 0.120. The Morgan fingerprint density at radius 1 is 1.05 bits per heavy atom. The van der Waals surface area contributed by atoms with E-state index in [4.69, 9.17) is 9.15 Å². The molecular formula is C12H21N5O2. The first kappa shape index (κ1) is 12.8. The van der Waals surface area contributed by atoms with Crippen LogP contribution in [0.2, 0.25) is 0 Å². The Morgan fingerprint density at radius 2 is 1.84 bits per heavy atom. The van der Waals surface area contributed by atoms with Gasteiger partial charge in [0.15, 0.2) is 0 Å². The molecule has 7 heteroatoms. The van der Waals surface area contributed by atoms with Gasteiger partial charge in [0.1, 0.15) is 0 Å². The molecule has 7 nitrogen and oxygen atoms in total. The van der Waals surface area contributed by atoms with E-state index in [1.165, 1.54) is 0 Å². The fourth-order valence-electron chi connectivity index (χ4n) is 2.42. The first-order valence-corrected chi connectivity index (χ1v) is 7.00. The van der Waals surface area contributed by atoms with Crippen LogP contribution in [0, 0.1) is 0 Å². The molecule has 106 valence electrons. The largest absolute Gasteiger partial charge is 0.408 e. The van der Waals surface area contributed by atoms with Crippen molar-refractivity contribution in [3.63, 3.8) is 0 Å². The number of ether oxygens (including phenoxy) is 1. The SMILES string of the molecule is C1CN(CCc2nnc(N3CCOCC3)o2)CCN1. The number of piperazine rings is 1. The summed E-state index contributed by atoms with van der Waals surface area (Å²) in [6.07, 6.45) is 0.831. The summed E-state index contributed by atoms with van der Waals surface area (Å²) in [7, 11) is 0. The lowest BCUT2D eigenvalue weighted by Gasteiger charge is -2.26. The summed E-state index contributed by atoms with van der Waals surface area (Å²) < 4.78 is 11.0. The van der Waals surface area contributed by atoms with Crippen molar-refractivity contribution in [3.05, 3.63) is 5.89 Å². The quantitative estimate of drug-likeness (QED) is 0.778. The van der Waals surface area contributed by atoms with Gasteiger partial charge in [0.2, 0.25) is 5.89 Å². The second-order valence-corrected chi connectivity index (χ2v) is 4.92. The van der Waals surface area contributed by atoms with Crippen molar-refractivity contribution in [2.45, 2.75) is 6.42 Å². The maximum atomic E-state index is 5.72. The van der Waals surface area contributed by atoms with Crippen LogP contribution in [0.1, 0.15) is 5.89 Å². The van der Waals surface area contributed by atoms with E-state index in [0.29, 0.717) is 6.01 Å². The van der Waals surface area contributed by atoms with Crippen LogP contribution >= 0.6 is 0 Å². The number of anilines is 1. The molecule has 3 rings (SSSR count). The zero-order valence-electron chi connectivity index (χ0n) is 11.2. The topological polar surface area (TPSA) is 66.7 Å². The molecule has 1 aromatic heterocycles. The molecule has 1 aromatic rings. The lowest BCUT2D eigenvalue weighted by Crippen LogP contribution is -2.44. The smallest absolute Gasteiger partial charge is 0.318 e. The molecule has 19 heavy (non-hydrogen) atoms. The number of rotatable bonds is 4. The summed E-state index contributed by atoms with van der Waals surface area (Å²) in [5.74, 6) is 0.736. The Labute approximate surface area is 112 Å². The van der Waals surface area contributed by atoms with Gasteiger partial charge in [0.05, 0.1) is 13.2 Å². The first-order valence-electron chi connectivity index (χ1n) is 7.00. The van der Waals surface area contributed by atoms with Gasteiger partial charge in [-0.25, -0.2) is 0 Å². The molecule has 0 aromatic carbocycles. The number of nitrogens with zero attached hydrogens (tertiary/aromatic N) is 4. The normalized spacial score (nSPS) is 21.8. The summed E-state index contributed by atoms with van der Waals surface area (Å²) in [6.45, 7) is 8.48. The van der Waals surface area contributed by atoms with E-state index < -0.39 is 0 Å². The number of morpholine rings is 1. The Hall–Kier alpha value is -1.18. The summed E-state index contributed by atoms with van der Waals surface area (Å²) in [5.41, 5.74) is 0. The van der Waals surface area contributed by atoms with E-state index in [9.17, 15) is 0 Å². The van der Waals surface area contributed by atoms with Crippen LogP contribution in [0.15, 0.2) is 4.42 Å². The average molecular weight is 267 g/mol. The first-order chi connectivity index (χ1) is 9.42. The summed E-state index contributed by atoms with van der Waals surface area (Å²) in [5, 5.41) is 11.6. The van der Waals surface area contributed by atoms with Gasteiger partial charge in [-0.05, 0) is 0 Å². The molecule has 0 unspecified atom stereocenters. The molecule has 0 radical (unpaired) electrons. The second-order valence-electron chi connectivity index (χ2n) is 4.92. The van der Waals surface area contributed by atoms with Crippen LogP contribution < -0.4 is 10.2 Å². The molecular weight excluding hydrogens is 246 g/mol. The third-order valence-electron chi connectivity index (χ3n) is 3.59. The second kappa shape index (κ2) is 6.31. The van der Waals surface area contributed by atoms with Crippen molar-refractivity contribution in [2.75, 3.05) is 63.9 Å². The van der Waals surface area contributed by atoms with Gasteiger partial charge in [-0.15, -0.1) is 5.10 Å². The lowest BCUT2D eigenvalue weighted by atomic mass is 10.3. The molecule has 2 aliphatic rings. The maximum absolute atomic E-state index is 5.72. The fourth-order valence-corrected chi connectivity index (χ4v) is 2.42. The minimum atomic E-state index is 0.638. The predicted molar refractivity (Wildman–Crippen MR) is 70.3 cm³/mol. The molecule has 0 saturated carbocycles. The fraction of sp³-hybridized carbons (Fsp3) is 0.833. The van der Waals surface area contributed by atoms with Crippen molar-refractivity contribution in [2.24, 2.45) is 0 Å². The van der Waals surface area contributed by atoms with Crippen molar-refractivity contribution in [1.29, 1.82) is 0 Å². The predicted octanol–water partition coefficient (Wildman–Crippen LogP) is -0.646. The molecule has 1 N–H and O–H groups in total. The van der Waals surface area contributed by atoms with E-state index >= 15 is 0 Å². The number of aromatic nitrogens is 2. The van der Waals surface area contributed by atoms with Gasteiger partial charge in [-0.2, -0.15) is 0 Å².